The summed E-state index contributed by atoms with van der Waals surface area (Å²) in [5.41, 5.74) is -0.510. The number of alkyl halides is 2. The molecule has 0 amide bonds. The number of aromatic nitrogens is 1. The van der Waals surface area contributed by atoms with Crippen LogP contribution in [0.2, 0.25) is 5.02 Å². The molecule has 14 heavy (non-hydrogen) atoms. The van der Waals surface area contributed by atoms with Crippen LogP contribution < -0.4 is 9.47 Å². The average Bonchev–Trinajstić information content (AvgIpc) is 2.16. The van der Waals surface area contributed by atoms with Crippen molar-refractivity contribution in [1.82, 2.24) is 4.98 Å². The Hall–Kier alpha value is -1.10. The van der Waals surface area contributed by atoms with Gasteiger partial charge in [-0.1, -0.05) is 11.6 Å². The molecule has 0 saturated heterocycles. The Labute approximate surface area is 84.6 Å². The molecule has 1 aromatic heterocycles. The van der Waals surface area contributed by atoms with E-state index < -0.39 is 12.1 Å². The van der Waals surface area contributed by atoms with E-state index in [9.17, 15) is 8.78 Å². The summed E-state index contributed by atoms with van der Waals surface area (Å²) < 4.78 is 34.3. The quantitative estimate of drug-likeness (QED) is 0.790. The molecular formula is C8H8ClF2NO2. The second-order valence-electron chi connectivity index (χ2n) is 2.36. The maximum absolute atomic E-state index is 12.3. The number of hydrogen-bond acceptors (Lipinski definition) is 3. The van der Waals surface area contributed by atoms with Gasteiger partial charge in [-0.05, 0) is 0 Å². The highest BCUT2D eigenvalue weighted by Crippen LogP contribution is 2.38. The minimum absolute atomic E-state index is 0.0690. The highest BCUT2D eigenvalue weighted by Gasteiger charge is 2.20. The zero-order valence-electron chi connectivity index (χ0n) is 7.55. The molecular weight excluding hydrogens is 216 g/mol. The van der Waals surface area contributed by atoms with Crippen LogP contribution in [-0.2, 0) is 0 Å². The van der Waals surface area contributed by atoms with E-state index in [1.807, 2.05) is 0 Å². The van der Waals surface area contributed by atoms with Crippen LogP contribution in [-0.4, -0.2) is 19.2 Å². The Morgan fingerprint density at radius 2 is 2.00 bits per heavy atom. The zero-order chi connectivity index (χ0) is 10.7. The van der Waals surface area contributed by atoms with Crippen molar-refractivity contribution in [2.45, 2.75) is 6.43 Å². The summed E-state index contributed by atoms with van der Waals surface area (Å²) in [5.74, 6) is 0.293. The van der Waals surface area contributed by atoms with Crippen LogP contribution >= 0.6 is 11.6 Å². The number of methoxy groups -OCH3 is 2. The molecule has 1 aromatic rings. The maximum atomic E-state index is 12.3. The molecule has 1 heterocycles. The first-order valence-corrected chi connectivity index (χ1v) is 4.04. The summed E-state index contributed by atoms with van der Waals surface area (Å²) in [7, 11) is 2.69. The Balaban J connectivity index is 3.27. The lowest BCUT2D eigenvalue weighted by Gasteiger charge is -2.10. The number of hydrogen-bond donors (Lipinski definition) is 0. The predicted octanol–water partition coefficient (Wildman–Crippen LogP) is 2.69. The fourth-order valence-electron chi connectivity index (χ4n) is 0.956. The Kier molecular flexibility index (Phi) is 3.46. The van der Waals surface area contributed by atoms with Crippen molar-refractivity contribution in [3.8, 4) is 11.5 Å². The van der Waals surface area contributed by atoms with Gasteiger partial charge in [0.1, 0.15) is 10.7 Å². The van der Waals surface area contributed by atoms with E-state index >= 15 is 0 Å². The van der Waals surface area contributed by atoms with Gasteiger partial charge in [0.25, 0.3) is 6.43 Å². The van der Waals surface area contributed by atoms with Gasteiger partial charge < -0.3 is 9.47 Å². The number of halogens is 3. The third-order valence-corrected chi connectivity index (χ3v) is 1.96. The van der Waals surface area contributed by atoms with Crippen LogP contribution in [0.25, 0.3) is 0 Å². The predicted molar refractivity (Wildman–Crippen MR) is 47.3 cm³/mol. The standard InChI is InChI=1S/C8H8ClF2NO2/c1-13-4-3-12-6(8(10)11)5(9)7(4)14-2/h3,8H,1-2H3. The first-order valence-electron chi connectivity index (χ1n) is 3.66. The molecule has 0 saturated carbocycles. The zero-order valence-corrected chi connectivity index (χ0v) is 8.31. The van der Waals surface area contributed by atoms with Crippen LogP contribution in [0.15, 0.2) is 6.20 Å². The van der Waals surface area contributed by atoms with Gasteiger partial charge in [0.05, 0.1) is 20.4 Å². The van der Waals surface area contributed by atoms with E-state index in [1.54, 1.807) is 0 Å². The van der Waals surface area contributed by atoms with Crippen molar-refractivity contribution in [3.63, 3.8) is 0 Å². The molecule has 0 N–H and O–H groups in total. The van der Waals surface area contributed by atoms with Crippen molar-refractivity contribution < 1.29 is 18.3 Å². The second kappa shape index (κ2) is 4.41. The largest absolute Gasteiger partial charge is 0.491 e. The Morgan fingerprint density at radius 1 is 1.36 bits per heavy atom. The molecule has 6 heteroatoms. The van der Waals surface area contributed by atoms with Crippen molar-refractivity contribution >= 4 is 11.6 Å². The molecule has 0 fully saturated rings. The van der Waals surface area contributed by atoms with Gasteiger partial charge in [0.2, 0.25) is 0 Å². The fourth-order valence-corrected chi connectivity index (χ4v) is 1.26. The summed E-state index contributed by atoms with van der Waals surface area (Å²) in [5, 5.41) is -0.221. The highest BCUT2D eigenvalue weighted by atomic mass is 35.5. The summed E-state index contributed by atoms with van der Waals surface area (Å²) >= 11 is 5.64. The second-order valence-corrected chi connectivity index (χ2v) is 2.74. The minimum atomic E-state index is -2.73. The summed E-state index contributed by atoms with van der Waals surface area (Å²) in [6.45, 7) is 0. The summed E-state index contributed by atoms with van der Waals surface area (Å²) in [6, 6.07) is 0. The number of ether oxygens (including phenoxy) is 2. The molecule has 0 aromatic carbocycles. The number of pyridine rings is 1. The van der Waals surface area contributed by atoms with Crippen LogP contribution in [0.1, 0.15) is 12.1 Å². The number of nitrogens with zero attached hydrogens (tertiary/aromatic N) is 1. The van der Waals surface area contributed by atoms with E-state index in [4.69, 9.17) is 21.1 Å². The van der Waals surface area contributed by atoms with E-state index in [-0.39, 0.29) is 16.5 Å². The van der Waals surface area contributed by atoms with E-state index in [0.29, 0.717) is 0 Å². The molecule has 0 unspecified atom stereocenters. The molecule has 78 valence electrons. The van der Waals surface area contributed by atoms with Crippen LogP contribution in [0.4, 0.5) is 8.78 Å². The molecule has 3 nitrogen and oxygen atoms in total. The molecule has 0 spiro atoms. The lowest BCUT2D eigenvalue weighted by Crippen LogP contribution is -1.98. The molecule has 0 radical (unpaired) electrons. The summed E-state index contributed by atoms with van der Waals surface area (Å²) in [6.07, 6.45) is -1.59. The third kappa shape index (κ3) is 1.87. The van der Waals surface area contributed by atoms with Crippen LogP contribution in [0.3, 0.4) is 0 Å². The van der Waals surface area contributed by atoms with Crippen LogP contribution in [0.5, 0.6) is 11.5 Å². The normalized spacial score (nSPS) is 10.4. The van der Waals surface area contributed by atoms with Gasteiger partial charge in [0, 0.05) is 0 Å². The first-order chi connectivity index (χ1) is 6.61. The molecule has 0 aliphatic heterocycles. The molecule has 0 aliphatic rings. The molecule has 0 bridgehead atoms. The van der Waals surface area contributed by atoms with Gasteiger partial charge in [-0.25, -0.2) is 13.8 Å². The average molecular weight is 224 g/mol. The van der Waals surface area contributed by atoms with E-state index in [2.05, 4.69) is 4.98 Å². The lowest BCUT2D eigenvalue weighted by molar-refractivity contribution is 0.145. The molecule has 0 atom stereocenters. The third-order valence-electron chi connectivity index (χ3n) is 1.60. The van der Waals surface area contributed by atoms with Gasteiger partial charge in [0.15, 0.2) is 11.5 Å². The van der Waals surface area contributed by atoms with Gasteiger partial charge in [-0.3, -0.25) is 0 Å². The van der Waals surface area contributed by atoms with Crippen molar-refractivity contribution in [2.75, 3.05) is 14.2 Å². The topological polar surface area (TPSA) is 31.4 Å². The monoisotopic (exact) mass is 223 g/mol. The smallest absolute Gasteiger partial charge is 0.281 e. The number of rotatable bonds is 3. The summed E-state index contributed by atoms with van der Waals surface area (Å²) in [4.78, 5) is 3.47. The van der Waals surface area contributed by atoms with Crippen molar-refractivity contribution in [3.05, 3.63) is 16.9 Å². The SMILES string of the molecule is COc1cnc(C(F)F)c(Cl)c1OC. The van der Waals surface area contributed by atoms with E-state index in [1.165, 1.54) is 14.2 Å². The van der Waals surface area contributed by atoms with Gasteiger partial charge in [-0.15, -0.1) is 0 Å². The Morgan fingerprint density at radius 3 is 2.43 bits per heavy atom. The molecule has 1 rings (SSSR count). The molecule has 0 aliphatic carbocycles. The van der Waals surface area contributed by atoms with Gasteiger partial charge >= 0.3 is 0 Å². The van der Waals surface area contributed by atoms with Crippen molar-refractivity contribution in [2.24, 2.45) is 0 Å². The minimum Gasteiger partial charge on any atom is -0.491 e. The van der Waals surface area contributed by atoms with Crippen molar-refractivity contribution in [1.29, 1.82) is 0 Å². The first kappa shape index (κ1) is 11.0. The van der Waals surface area contributed by atoms with Gasteiger partial charge in [-0.2, -0.15) is 0 Å². The van der Waals surface area contributed by atoms with E-state index in [0.717, 1.165) is 6.20 Å². The van der Waals surface area contributed by atoms with Crippen LogP contribution in [0, 0.1) is 0 Å². The maximum Gasteiger partial charge on any atom is 0.281 e. The highest BCUT2D eigenvalue weighted by molar-refractivity contribution is 6.32. The fraction of sp³-hybridized carbons (Fsp3) is 0.375. The lowest BCUT2D eigenvalue weighted by atomic mass is 10.3. The Bertz CT molecular complexity index is 333.